The molecule has 29 heavy (non-hydrogen) atoms. The number of nitrogens with one attached hydrogen (secondary N) is 1. The maximum absolute atomic E-state index is 12.9. The topological polar surface area (TPSA) is 68.3 Å². The molecule has 0 atom stereocenters. The molecular formula is C24H24N2O3. The van der Waals surface area contributed by atoms with Crippen LogP contribution in [0.3, 0.4) is 0 Å². The number of nitrogens with zero attached hydrogens (tertiary/aromatic N) is 1. The lowest BCUT2D eigenvalue weighted by Gasteiger charge is -2.16. The molecule has 1 heterocycles. The van der Waals surface area contributed by atoms with E-state index in [2.05, 4.69) is 10.3 Å². The van der Waals surface area contributed by atoms with Crippen molar-refractivity contribution >= 4 is 17.5 Å². The molecule has 0 radical (unpaired) electrons. The number of anilines is 1. The Balaban J connectivity index is 0.00000256. The zero-order chi connectivity index (χ0) is 20.4. The molecule has 2 aromatic carbocycles. The summed E-state index contributed by atoms with van der Waals surface area (Å²) in [5, 5.41) is 2.90. The molecule has 0 saturated heterocycles. The van der Waals surface area contributed by atoms with Crippen molar-refractivity contribution in [2.75, 3.05) is 12.4 Å². The third kappa shape index (κ3) is 3.63. The van der Waals surface area contributed by atoms with Gasteiger partial charge in [0.15, 0.2) is 5.78 Å². The summed E-state index contributed by atoms with van der Waals surface area (Å²) >= 11 is 0. The van der Waals surface area contributed by atoms with Crippen LogP contribution in [-0.4, -0.2) is 23.8 Å². The van der Waals surface area contributed by atoms with Crippen molar-refractivity contribution in [3.8, 4) is 5.75 Å². The van der Waals surface area contributed by atoms with Gasteiger partial charge in [0.2, 0.25) is 5.91 Å². The van der Waals surface area contributed by atoms with Crippen molar-refractivity contribution in [3.05, 3.63) is 89.1 Å². The number of amides is 1. The number of carbonyl (C=O) groups excluding carboxylic acids is 2. The predicted molar refractivity (Wildman–Crippen MR) is 113 cm³/mol. The summed E-state index contributed by atoms with van der Waals surface area (Å²) in [6, 6.07) is 18.5. The van der Waals surface area contributed by atoms with Crippen molar-refractivity contribution in [2.24, 2.45) is 0 Å². The van der Waals surface area contributed by atoms with Crippen LogP contribution in [0.4, 0.5) is 5.82 Å². The standard InChI is InChI=1S/C24H22N2O3.H2/c1-16-7-10-18(11-8-16)24(13-14-24)23(28)26-21-12-9-17(15-25-21)22(27)19-5-3-4-6-20(19)29-2;/h3-12,15H,13-14H2,1-2H3,(H,25,26,28);1H. The summed E-state index contributed by atoms with van der Waals surface area (Å²) in [7, 11) is 1.53. The minimum absolute atomic E-state index is 0. The molecule has 1 amide bonds. The predicted octanol–water partition coefficient (Wildman–Crippen LogP) is 4.55. The first-order valence-electron chi connectivity index (χ1n) is 9.56. The van der Waals surface area contributed by atoms with Gasteiger partial charge in [0.1, 0.15) is 11.6 Å². The van der Waals surface area contributed by atoms with Gasteiger partial charge < -0.3 is 10.1 Å². The number of rotatable bonds is 6. The molecule has 5 nitrogen and oxygen atoms in total. The fourth-order valence-electron chi connectivity index (χ4n) is 3.47. The van der Waals surface area contributed by atoms with E-state index >= 15 is 0 Å². The summed E-state index contributed by atoms with van der Waals surface area (Å²) < 4.78 is 5.26. The number of hydrogen-bond acceptors (Lipinski definition) is 4. The number of pyridine rings is 1. The molecular weight excluding hydrogens is 364 g/mol. The van der Waals surface area contributed by atoms with Crippen LogP contribution in [0.25, 0.3) is 0 Å². The SMILES string of the molecule is COc1ccccc1C(=O)c1ccc(NC(=O)C2(c3ccc(C)cc3)CC2)nc1.[HH]. The summed E-state index contributed by atoms with van der Waals surface area (Å²) in [5.74, 6) is 0.720. The molecule has 1 aliphatic carbocycles. The van der Waals surface area contributed by atoms with Crippen LogP contribution >= 0.6 is 0 Å². The number of benzene rings is 2. The van der Waals surface area contributed by atoms with Crippen LogP contribution in [0.15, 0.2) is 66.9 Å². The molecule has 1 aromatic heterocycles. The second kappa shape index (κ2) is 7.51. The summed E-state index contributed by atoms with van der Waals surface area (Å²) in [4.78, 5) is 29.9. The Labute approximate surface area is 171 Å². The molecule has 0 unspecified atom stereocenters. The first-order chi connectivity index (χ1) is 14.0. The molecule has 0 spiro atoms. The van der Waals surface area contributed by atoms with Crippen LogP contribution < -0.4 is 10.1 Å². The third-order valence-electron chi connectivity index (χ3n) is 5.41. The lowest BCUT2D eigenvalue weighted by Crippen LogP contribution is -2.28. The van der Waals surface area contributed by atoms with Crippen LogP contribution in [0, 0.1) is 6.92 Å². The minimum atomic E-state index is -0.471. The Kier molecular flexibility index (Phi) is 4.89. The number of methoxy groups -OCH3 is 1. The molecule has 1 fully saturated rings. The van der Waals surface area contributed by atoms with Crippen LogP contribution in [0.5, 0.6) is 5.75 Å². The van der Waals surface area contributed by atoms with Crippen LogP contribution in [-0.2, 0) is 10.2 Å². The Morgan fingerprint density at radius 3 is 2.38 bits per heavy atom. The maximum atomic E-state index is 12.9. The molecule has 0 aliphatic heterocycles. The van der Waals surface area contributed by atoms with Crippen LogP contribution in [0.1, 0.15) is 41.3 Å². The van der Waals surface area contributed by atoms with E-state index in [-0.39, 0.29) is 13.1 Å². The fourth-order valence-corrected chi connectivity index (χ4v) is 3.47. The number of ketones is 1. The van der Waals surface area contributed by atoms with E-state index in [1.165, 1.54) is 18.9 Å². The zero-order valence-corrected chi connectivity index (χ0v) is 16.4. The Morgan fingerprint density at radius 1 is 1.03 bits per heavy atom. The smallest absolute Gasteiger partial charge is 0.236 e. The van der Waals surface area contributed by atoms with Gasteiger partial charge in [0.05, 0.1) is 18.1 Å². The molecule has 3 aromatic rings. The summed E-state index contributed by atoms with van der Waals surface area (Å²) in [5.41, 5.74) is 2.64. The van der Waals surface area contributed by atoms with Gasteiger partial charge in [-0.2, -0.15) is 0 Å². The number of para-hydroxylation sites is 1. The van der Waals surface area contributed by atoms with E-state index in [9.17, 15) is 9.59 Å². The first-order valence-corrected chi connectivity index (χ1v) is 9.56. The lowest BCUT2D eigenvalue weighted by molar-refractivity contribution is -0.118. The molecule has 1 aliphatic rings. The highest BCUT2D eigenvalue weighted by Gasteiger charge is 2.51. The van der Waals surface area contributed by atoms with Gasteiger partial charge in [0, 0.05) is 13.2 Å². The average molecular weight is 388 g/mol. The third-order valence-corrected chi connectivity index (χ3v) is 5.41. The van der Waals surface area contributed by atoms with Gasteiger partial charge in [-0.05, 0) is 49.6 Å². The molecule has 1 saturated carbocycles. The van der Waals surface area contributed by atoms with Crippen molar-refractivity contribution in [1.29, 1.82) is 0 Å². The average Bonchev–Trinajstić information content (AvgIpc) is 3.56. The molecule has 1 N–H and O–H groups in total. The Morgan fingerprint density at radius 2 is 1.76 bits per heavy atom. The van der Waals surface area contributed by atoms with E-state index in [0.29, 0.717) is 22.7 Å². The summed E-state index contributed by atoms with van der Waals surface area (Å²) in [6.07, 6.45) is 3.13. The molecule has 5 heteroatoms. The Hall–Kier alpha value is -3.47. The number of aryl methyl sites for hydroxylation is 1. The van der Waals surface area contributed by atoms with Crippen molar-refractivity contribution in [2.45, 2.75) is 25.2 Å². The number of hydrogen-bond donors (Lipinski definition) is 1. The second-order valence-corrected chi connectivity index (χ2v) is 7.36. The molecule has 148 valence electrons. The van der Waals surface area contributed by atoms with E-state index in [1.54, 1.807) is 30.3 Å². The zero-order valence-electron chi connectivity index (χ0n) is 16.4. The monoisotopic (exact) mass is 388 g/mol. The van der Waals surface area contributed by atoms with Crippen molar-refractivity contribution in [1.82, 2.24) is 4.98 Å². The second-order valence-electron chi connectivity index (χ2n) is 7.36. The van der Waals surface area contributed by atoms with Gasteiger partial charge >= 0.3 is 0 Å². The largest absolute Gasteiger partial charge is 0.496 e. The highest BCUT2D eigenvalue weighted by atomic mass is 16.5. The quantitative estimate of drug-likeness (QED) is 0.629. The molecule has 0 bridgehead atoms. The number of carbonyl (C=O) groups is 2. The molecule has 4 rings (SSSR count). The van der Waals surface area contributed by atoms with Gasteiger partial charge in [-0.25, -0.2) is 4.98 Å². The normalized spacial score (nSPS) is 14.1. The van der Waals surface area contributed by atoms with Gasteiger partial charge in [-0.3, -0.25) is 9.59 Å². The maximum Gasteiger partial charge on any atom is 0.236 e. The van der Waals surface area contributed by atoms with E-state index in [1.807, 2.05) is 37.3 Å². The number of ether oxygens (including phenoxy) is 1. The highest BCUT2D eigenvalue weighted by molar-refractivity contribution is 6.10. The van der Waals surface area contributed by atoms with Gasteiger partial charge in [0.25, 0.3) is 0 Å². The van der Waals surface area contributed by atoms with E-state index < -0.39 is 5.41 Å². The van der Waals surface area contributed by atoms with Crippen molar-refractivity contribution in [3.63, 3.8) is 0 Å². The fraction of sp³-hybridized carbons (Fsp3) is 0.208. The first kappa shape index (κ1) is 18.9. The van der Waals surface area contributed by atoms with E-state index in [4.69, 9.17) is 4.74 Å². The van der Waals surface area contributed by atoms with E-state index in [0.717, 1.165) is 18.4 Å². The van der Waals surface area contributed by atoms with Crippen molar-refractivity contribution < 1.29 is 15.8 Å². The highest BCUT2D eigenvalue weighted by Crippen LogP contribution is 2.49. The van der Waals surface area contributed by atoms with Crippen LogP contribution in [0.2, 0.25) is 0 Å². The number of aromatic nitrogens is 1. The lowest BCUT2D eigenvalue weighted by atomic mass is 9.94. The minimum Gasteiger partial charge on any atom is -0.496 e. The summed E-state index contributed by atoms with van der Waals surface area (Å²) in [6.45, 7) is 2.03. The van der Waals surface area contributed by atoms with Gasteiger partial charge in [-0.1, -0.05) is 42.0 Å². The van der Waals surface area contributed by atoms with Gasteiger partial charge in [-0.15, -0.1) is 0 Å². The Bertz CT molecular complexity index is 1060.